The molecule has 0 heterocycles. The van der Waals surface area contributed by atoms with Gasteiger partial charge in [-0.05, 0) is 31.2 Å². The van der Waals surface area contributed by atoms with E-state index in [1.807, 2.05) is 6.92 Å². The molecular weight excluding hydrogens is 290 g/mol. The zero-order valence-electron chi connectivity index (χ0n) is 11.1. The lowest BCUT2D eigenvalue weighted by Gasteiger charge is -2.21. The molecule has 20 heavy (non-hydrogen) atoms. The van der Waals surface area contributed by atoms with Crippen LogP contribution >= 0.6 is 0 Å². The van der Waals surface area contributed by atoms with Gasteiger partial charge in [-0.1, -0.05) is 0 Å². The Labute approximate surface area is 117 Å². The number of aliphatic hydroxyl groups excluding tert-OH is 1. The van der Waals surface area contributed by atoms with Crippen molar-refractivity contribution in [2.45, 2.75) is 18.2 Å². The van der Waals surface area contributed by atoms with E-state index in [1.54, 1.807) is 12.1 Å². The quantitative estimate of drug-likeness (QED) is 0.761. The maximum atomic E-state index is 12.4. The molecule has 114 valence electrons. The monoisotopic (exact) mass is 308 g/mol. The van der Waals surface area contributed by atoms with Gasteiger partial charge in [0.15, 0.2) is 0 Å². The largest absolute Gasteiger partial charge is 0.395 e. The van der Waals surface area contributed by atoms with Gasteiger partial charge in [0.2, 0.25) is 10.0 Å². The molecule has 5 nitrogen and oxygen atoms in total. The van der Waals surface area contributed by atoms with Crippen LogP contribution in [0.15, 0.2) is 29.2 Å². The number of sulfonamides is 1. The van der Waals surface area contributed by atoms with E-state index in [1.165, 1.54) is 12.1 Å². The van der Waals surface area contributed by atoms with Crippen molar-refractivity contribution in [2.75, 3.05) is 31.6 Å². The van der Waals surface area contributed by atoms with Crippen LogP contribution < -0.4 is 5.32 Å². The van der Waals surface area contributed by atoms with E-state index in [9.17, 15) is 17.2 Å². The Morgan fingerprint density at radius 1 is 1.30 bits per heavy atom. The van der Waals surface area contributed by atoms with Crippen LogP contribution in [-0.4, -0.2) is 50.5 Å². The normalized spacial score (nSPS) is 12.1. The van der Waals surface area contributed by atoms with Crippen LogP contribution in [0.25, 0.3) is 0 Å². The van der Waals surface area contributed by atoms with Gasteiger partial charge < -0.3 is 10.4 Å². The first-order valence-corrected chi connectivity index (χ1v) is 7.59. The van der Waals surface area contributed by atoms with Crippen LogP contribution in [0.4, 0.5) is 14.5 Å². The number of alkyl halides is 2. The highest BCUT2D eigenvalue weighted by Gasteiger charge is 2.26. The van der Waals surface area contributed by atoms with Crippen molar-refractivity contribution in [2.24, 2.45) is 0 Å². The van der Waals surface area contributed by atoms with Gasteiger partial charge in [0.05, 0.1) is 18.0 Å². The van der Waals surface area contributed by atoms with E-state index in [-0.39, 0.29) is 11.4 Å². The molecule has 0 amide bonds. The minimum atomic E-state index is -4.02. The van der Waals surface area contributed by atoms with Crippen LogP contribution in [0.2, 0.25) is 0 Å². The summed E-state index contributed by atoms with van der Waals surface area (Å²) < 4.78 is 49.8. The van der Waals surface area contributed by atoms with E-state index < -0.39 is 29.6 Å². The number of benzene rings is 1. The van der Waals surface area contributed by atoms with Crippen LogP contribution in [0, 0.1) is 0 Å². The molecule has 0 aliphatic rings. The van der Waals surface area contributed by atoms with E-state index in [0.29, 0.717) is 10.8 Å². The SMILES string of the molecule is CCNc1ccc(S(=O)(=O)N(CCO)CC(F)F)cc1. The van der Waals surface area contributed by atoms with Gasteiger partial charge in [-0.2, -0.15) is 4.31 Å². The number of nitrogens with one attached hydrogen (secondary N) is 1. The lowest BCUT2D eigenvalue weighted by molar-refractivity contribution is 0.113. The van der Waals surface area contributed by atoms with Gasteiger partial charge in [0, 0.05) is 18.8 Å². The molecule has 1 rings (SSSR count). The standard InChI is InChI=1S/C12H18F2N2O3S/c1-2-15-10-3-5-11(6-4-10)20(18,19)16(7-8-17)9-12(13)14/h3-6,12,15,17H,2,7-9H2,1H3. The highest BCUT2D eigenvalue weighted by Crippen LogP contribution is 2.19. The summed E-state index contributed by atoms with van der Waals surface area (Å²) in [5.41, 5.74) is 0.744. The predicted octanol–water partition coefficient (Wildman–Crippen LogP) is 1.37. The molecule has 0 radical (unpaired) electrons. The fourth-order valence-corrected chi connectivity index (χ4v) is 3.08. The summed E-state index contributed by atoms with van der Waals surface area (Å²) in [5.74, 6) is 0. The predicted molar refractivity (Wildman–Crippen MR) is 72.5 cm³/mol. The Balaban J connectivity index is 2.99. The molecule has 1 aromatic carbocycles. The van der Waals surface area contributed by atoms with E-state index in [2.05, 4.69) is 5.32 Å². The molecule has 0 aromatic heterocycles. The third-order valence-electron chi connectivity index (χ3n) is 2.56. The highest BCUT2D eigenvalue weighted by atomic mass is 32.2. The Hall–Kier alpha value is -1.25. The number of hydrogen-bond acceptors (Lipinski definition) is 4. The summed E-state index contributed by atoms with van der Waals surface area (Å²) in [4.78, 5) is -0.0757. The average Bonchev–Trinajstić information content (AvgIpc) is 2.39. The first-order valence-electron chi connectivity index (χ1n) is 6.15. The van der Waals surface area contributed by atoms with Crippen LogP contribution in [0.3, 0.4) is 0 Å². The molecule has 0 aliphatic carbocycles. The fourth-order valence-electron chi connectivity index (χ4n) is 1.67. The number of rotatable bonds is 8. The molecule has 2 N–H and O–H groups in total. The van der Waals surface area contributed by atoms with Gasteiger partial charge in [0.25, 0.3) is 6.43 Å². The second-order valence-electron chi connectivity index (χ2n) is 4.03. The first kappa shape index (κ1) is 16.8. The average molecular weight is 308 g/mol. The van der Waals surface area contributed by atoms with Crippen molar-refractivity contribution < 1.29 is 22.3 Å². The van der Waals surface area contributed by atoms with E-state index in [4.69, 9.17) is 5.11 Å². The second-order valence-corrected chi connectivity index (χ2v) is 5.97. The summed E-state index contributed by atoms with van der Waals surface area (Å²) >= 11 is 0. The van der Waals surface area contributed by atoms with Gasteiger partial charge in [-0.25, -0.2) is 17.2 Å². The fraction of sp³-hybridized carbons (Fsp3) is 0.500. The Bertz CT molecular complexity index is 506. The maximum absolute atomic E-state index is 12.4. The summed E-state index contributed by atoms with van der Waals surface area (Å²) in [5, 5.41) is 11.8. The van der Waals surface area contributed by atoms with Crippen LogP contribution in [0.5, 0.6) is 0 Å². The zero-order chi connectivity index (χ0) is 15.2. The van der Waals surface area contributed by atoms with Crippen LogP contribution in [0.1, 0.15) is 6.92 Å². The second kappa shape index (κ2) is 7.51. The third kappa shape index (κ3) is 4.39. The summed E-state index contributed by atoms with van der Waals surface area (Å²) in [6.45, 7) is 0.783. The first-order chi connectivity index (χ1) is 9.41. The molecule has 1 aromatic rings. The number of anilines is 1. The van der Waals surface area contributed by atoms with Gasteiger partial charge in [-0.3, -0.25) is 0 Å². The molecule has 8 heteroatoms. The minimum absolute atomic E-state index is 0.0757. The smallest absolute Gasteiger partial charge is 0.252 e. The number of hydrogen-bond donors (Lipinski definition) is 2. The molecule has 0 aliphatic heterocycles. The Morgan fingerprint density at radius 2 is 1.90 bits per heavy atom. The molecule has 0 fully saturated rings. The van der Waals surface area contributed by atoms with Crippen molar-refractivity contribution in [1.29, 1.82) is 0 Å². The van der Waals surface area contributed by atoms with Crippen molar-refractivity contribution in [3.8, 4) is 0 Å². The van der Waals surface area contributed by atoms with Crippen LogP contribution in [-0.2, 0) is 10.0 Å². The highest BCUT2D eigenvalue weighted by molar-refractivity contribution is 7.89. The number of halogens is 2. The van der Waals surface area contributed by atoms with Gasteiger partial charge in [-0.15, -0.1) is 0 Å². The summed E-state index contributed by atoms with van der Waals surface area (Å²) in [6, 6.07) is 5.83. The molecule has 0 saturated heterocycles. The lowest BCUT2D eigenvalue weighted by atomic mass is 10.3. The molecule has 0 bridgehead atoms. The van der Waals surface area contributed by atoms with Crippen molar-refractivity contribution in [3.05, 3.63) is 24.3 Å². The van der Waals surface area contributed by atoms with E-state index in [0.717, 1.165) is 5.69 Å². The van der Waals surface area contributed by atoms with Crippen molar-refractivity contribution >= 4 is 15.7 Å². The van der Waals surface area contributed by atoms with Crippen molar-refractivity contribution in [1.82, 2.24) is 4.31 Å². The Morgan fingerprint density at radius 3 is 2.35 bits per heavy atom. The van der Waals surface area contributed by atoms with E-state index >= 15 is 0 Å². The molecule has 0 saturated carbocycles. The summed E-state index contributed by atoms with van der Waals surface area (Å²) in [6.07, 6.45) is -2.79. The number of nitrogens with zero attached hydrogens (tertiary/aromatic N) is 1. The molecular formula is C12H18F2N2O3S. The lowest BCUT2D eigenvalue weighted by Crippen LogP contribution is -2.37. The third-order valence-corrected chi connectivity index (χ3v) is 4.44. The Kier molecular flexibility index (Phi) is 6.31. The molecule has 0 unspecified atom stereocenters. The molecule has 0 spiro atoms. The topological polar surface area (TPSA) is 69.6 Å². The molecule has 0 atom stereocenters. The minimum Gasteiger partial charge on any atom is -0.395 e. The maximum Gasteiger partial charge on any atom is 0.252 e. The summed E-state index contributed by atoms with van der Waals surface area (Å²) in [7, 11) is -4.02. The van der Waals surface area contributed by atoms with Crippen molar-refractivity contribution in [3.63, 3.8) is 0 Å². The zero-order valence-corrected chi connectivity index (χ0v) is 11.9. The number of aliphatic hydroxyl groups is 1. The van der Waals surface area contributed by atoms with Gasteiger partial charge >= 0.3 is 0 Å². The van der Waals surface area contributed by atoms with Gasteiger partial charge in [0.1, 0.15) is 0 Å².